The van der Waals surface area contributed by atoms with Crippen molar-refractivity contribution in [2.24, 2.45) is 0 Å². The van der Waals surface area contributed by atoms with Crippen LogP contribution in [0, 0.1) is 6.92 Å². The van der Waals surface area contributed by atoms with Gasteiger partial charge in [0.25, 0.3) is 0 Å². The van der Waals surface area contributed by atoms with E-state index in [4.69, 9.17) is 0 Å². The first-order valence-corrected chi connectivity index (χ1v) is 8.76. The van der Waals surface area contributed by atoms with Crippen LogP contribution in [0.15, 0.2) is 48.5 Å². The molecule has 0 aliphatic rings. The third-order valence-corrected chi connectivity index (χ3v) is 4.73. The maximum Gasteiger partial charge on any atom is 0.201 e. The molecule has 0 atom stereocenters. The highest BCUT2D eigenvalue weighted by Crippen LogP contribution is 2.42. The van der Waals surface area contributed by atoms with Crippen molar-refractivity contribution in [2.45, 2.75) is 12.8 Å². The normalized spacial score (nSPS) is 10.9. The Morgan fingerprint density at radius 1 is 0.600 bits per heavy atom. The highest BCUT2D eigenvalue weighted by Gasteiger charge is 2.34. The summed E-state index contributed by atoms with van der Waals surface area (Å²) in [7, 11) is 0. The third-order valence-electron chi connectivity index (χ3n) is 4.73. The molecule has 0 heterocycles. The van der Waals surface area contributed by atoms with Gasteiger partial charge in [0.15, 0.2) is 34.6 Å². The zero-order valence-electron chi connectivity index (χ0n) is 15.7. The molecule has 0 saturated heterocycles. The van der Waals surface area contributed by atoms with Crippen molar-refractivity contribution in [3.63, 3.8) is 0 Å². The number of benzene rings is 3. The smallest absolute Gasteiger partial charge is 0.201 e. The van der Waals surface area contributed by atoms with Gasteiger partial charge < -0.3 is 30.6 Å². The minimum Gasteiger partial charge on any atom is -0.504 e. The number of ketones is 2. The van der Waals surface area contributed by atoms with Gasteiger partial charge in [-0.3, -0.25) is 9.59 Å². The first-order valence-electron chi connectivity index (χ1n) is 8.76. The molecule has 0 saturated carbocycles. The Hall–Kier alpha value is -4.20. The van der Waals surface area contributed by atoms with E-state index in [2.05, 4.69) is 0 Å². The molecule has 3 aromatic rings. The molecule has 3 rings (SSSR count). The Morgan fingerprint density at radius 2 is 1.00 bits per heavy atom. The molecular formula is C22H18O8. The number of aromatic hydroxyl groups is 6. The maximum atomic E-state index is 13.2. The highest BCUT2D eigenvalue weighted by molar-refractivity contribution is 6.22. The van der Waals surface area contributed by atoms with Crippen molar-refractivity contribution in [1.82, 2.24) is 0 Å². The maximum absolute atomic E-state index is 13.2. The van der Waals surface area contributed by atoms with Crippen molar-refractivity contribution in [1.29, 1.82) is 0 Å². The van der Waals surface area contributed by atoms with Crippen molar-refractivity contribution in [2.75, 3.05) is 0 Å². The monoisotopic (exact) mass is 410 g/mol. The number of phenols is 6. The van der Waals surface area contributed by atoms with Crippen LogP contribution in [0.5, 0.6) is 34.5 Å². The van der Waals surface area contributed by atoms with E-state index >= 15 is 0 Å². The molecule has 0 amide bonds. The first-order chi connectivity index (χ1) is 14.1. The average Bonchev–Trinajstić information content (AvgIpc) is 2.72. The summed E-state index contributed by atoms with van der Waals surface area (Å²) in [4.78, 5) is 26.5. The van der Waals surface area contributed by atoms with Gasteiger partial charge in [-0.2, -0.15) is 0 Å². The lowest BCUT2D eigenvalue weighted by Gasteiger charge is -2.18. The zero-order chi connectivity index (χ0) is 22.2. The third kappa shape index (κ3) is 3.46. The van der Waals surface area contributed by atoms with Gasteiger partial charge in [-0.1, -0.05) is 29.8 Å². The van der Waals surface area contributed by atoms with Crippen molar-refractivity contribution in [3.8, 4) is 34.5 Å². The van der Waals surface area contributed by atoms with E-state index in [0.717, 1.165) is 29.8 Å². The Bertz CT molecular complexity index is 1080. The van der Waals surface area contributed by atoms with Crippen LogP contribution in [0.2, 0.25) is 0 Å². The molecule has 0 aliphatic heterocycles. The Kier molecular flexibility index (Phi) is 5.25. The summed E-state index contributed by atoms with van der Waals surface area (Å²) in [6.45, 7) is 1.80. The number of hydrogen-bond acceptors (Lipinski definition) is 8. The van der Waals surface area contributed by atoms with E-state index in [0.29, 0.717) is 0 Å². The van der Waals surface area contributed by atoms with Gasteiger partial charge in [-0.15, -0.1) is 0 Å². The van der Waals surface area contributed by atoms with E-state index in [9.17, 15) is 40.2 Å². The minimum atomic E-state index is -1.56. The molecule has 6 N–H and O–H groups in total. The molecule has 0 spiro atoms. The van der Waals surface area contributed by atoms with Crippen LogP contribution >= 0.6 is 0 Å². The van der Waals surface area contributed by atoms with Crippen LogP contribution in [0.25, 0.3) is 0 Å². The summed E-state index contributed by atoms with van der Waals surface area (Å²) in [6, 6.07) is 10.4. The fourth-order valence-corrected chi connectivity index (χ4v) is 3.03. The SMILES string of the molecule is Cc1ccc(C(C(=O)c2ccc(O)c(O)c2O)C(=O)c2ccc(O)c(O)c2O)cc1. The van der Waals surface area contributed by atoms with Gasteiger partial charge in [0.1, 0.15) is 5.92 Å². The zero-order valence-corrected chi connectivity index (χ0v) is 15.7. The number of rotatable bonds is 5. The Morgan fingerprint density at radius 3 is 1.40 bits per heavy atom. The molecule has 0 bridgehead atoms. The summed E-state index contributed by atoms with van der Waals surface area (Å²) in [5.41, 5.74) is 0.237. The lowest BCUT2D eigenvalue weighted by atomic mass is 9.83. The molecule has 30 heavy (non-hydrogen) atoms. The van der Waals surface area contributed by atoms with E-state index in [1.54, 1.807) is 19.1 Å². The van der Waals surface area contributed by atoms with Crippen LogP contribution in [-0.4, -0.2) is 42.2 Å². The number of aryl methyl sites for hydroxylation is 1. The summed E-state index contributed by atoms with van der Waals surface area (Å²) < 4.78 is 0. The lowest BCUT2D eigenvalue weighted by molar-refractivity contribution is 0.0857. The fourth-order valence-electron chi connectivity index (χ4n) is 3.03. The highest BCUT2D eigenvalue weighted by atomic mass is 16.3. The number of phenolic OH excluding ortho intramolecular Hbond substituents is 6. The summed E-state index contributed by atoms with van der Waals surface area (Å²) in [6.07, 6.45) is 0. The second-order valence-corrected chi connectivity index (χ2v) is 6.73. The van der Waals surface area contributed by atoms with E-state index in [-0.39, 0.29) is 5.56 Å². The molecule has 0 aromatic heterocycles. The summed E-state index contributed by atoms with van der Waals surface area (Å²) in [5, 5.41) is 58.7. The van der Waals surface area contributed by atoms with Crippen molar-refractivity contribution < 1.29 is 40.2 Å². The van der Waals surface area contributed by atoms with Crippen LogP contribution in [0.3, 0.4) is 0 Å². The standard InChI is InChI=1S/C22H18O8/c1-10-2-4-11(5-3-10)16(17(25)12-6-8-14(23)21(29)19(12)27)18(26)13-7-9-15(24)22(30)20(13)28/h2-9,16,23-24,27-30H,1H3. The largest absolute Gasteiger partial charge is 0.504 e. The molecule has 0 aliphatic carbocycles. The summed E-state index contributed by atoms with van der Waals surface area (Å²) >= 11 is 0. The predicted octanol–water partition coefficient (Wildman–Crippen LogP) is 3.08. The molecule has 154 valence electrons. The molecule has 0 radical (unpaired) electrons. The average molecular weight is 410 g/mol. The van der Waals surface area contributed by atoms with E-state index in [1.807, 2.05) is 0 Å². The molecule has 8 heteroatoms. The fraction of sp³-hybridized carbons (Fsp3) is 0.0909. The van der Waals surface area contributed by atoms with Gasteiger partial charge in [0.05, 0.1) is 11.1 Å². The molecular weight excluding hydrogens is 392 g/mol. The predicted molar refractivity (Wildman–Crippen MR) is 105 cm³/mol. The van der Waals surface area contributed by atoms with Crippen LogP contribution < -0.4 is 0 Å². The molecule has 0 fully saturated rings. The Labute approximate surface area is 170 Å². The molecule has 0 unspecified atom stereocenters. The number of carbonyl (C=O) groups excluding carboxylic acids is 2. The first kappa shape index (κ1) is 20.5. The number of hydrogen-bond donors (Lipinski definition) is 6. The van der Waals surface area contributed by atoms with Crippen LogP contribution in [-0.2, 0) is 0 Å². The van der Waals surface area contributed by atoms with Crippen molar-refractivity contribution >= 4 is 11.6 Å². The second kappa shape index (κ2) is 7.67. The second-order valence-electron chi connectivity index (χ2n) is 6.73. The lowest BCUT2D eigenvalue weighted by Crippen LogP contribution is -2.23. The number of carbonyl (C=O) groups is 2. The Balaban J connectivity index is 2.18. The number of Topliss-reactive ketones (excluding diaryl/α,β-unsaturated/α-hetero) is 2. The summed E-state index contributed by atoms with van der Waals surface area (Å²) in [5.74, 6) is -8.32. The molecule has 3 aromatic carbocycles. The quantitative estimate of drug-likeness (QED) is 0.213. The van der Waals surface area contributed by atoms with Gasteiger partial charge in [0.2, 0.25) is 11.5 Å². The van der Waals surface area contributed by atoms with Gasteiger partial charge in [0, 0.05) is 0 Å². The van der Waals surface area contributed by atoms with E-state index < -0.39 is 63.1 Å². The van der Waals surface area contributed by atoms with Crippen LogP contribution in [0.1, 0.15) is 37.8 Å². The minimum absolute atomic E-state index is 0.231. The van der Waals surface area contributed by atoms with E-state index in [1.165, 1.54) is 12.1 Å². The van der Waals surface area contributed by atoms with Crippen molar-refractivity contribution in [3.05, 3.63) is 70.8 Å². The topological polar surface area (TPSA) is 156 Å². The van der Waals surface area contributed by atoms with Crippen LogP contribution in [0.4, 0.5) is 0 Å². The van der Waals surface area contributed by atoms with Gasteiger partial charge >= 0.3 is 0 Å². The van der Waals surface area contributed by atoms with Gasteiger partial charge in [-0.25, -0.2) is 0 Å². The molecule has 8 nitrogen and oxygen atoms in total. The van der Waals surface area contributed by atoms with Gasteiger partial charge in [-0.05, 0) is 36.8 Å².